The summed E-state index contributed by atoms with van der Waals surface area (Å²) in [6.45, 7) is 1.53. The number of fused-ring (bicyclic) bond motifs is 1. The van der Waals surface area contributed by atoms with E-state index in [1.165, 1.54) is 23.6 Å². The molecule has 28 heavy (non-hydrogen) atoms. The number of anilines is 1. The number of rotatable bonds is 5. The van der Waals surface area contributed by atoms with Gasteiger partial charge in [0.25, 0.3) is 11.5 Å². The largest absolute Gasteiger partial charge is 0.452 e. The van der Waals surface area contributed by atoms with Crippen LogP contribution in [0.5, 0.6) is 0 Å². The molecule has 0 fully saturated rings. The van der Waals surface area contributed by atoms with Crippen LogP contribution in [0.25, 0.3) is 10.8 Å². The fraction of sp³-hybridized carbons (Fsp3) is 0.238. The maximum absolute atomic E-state index is 12.5. The number of carbonyl (C=O) groups is 2. The molecule has 0 saturated carbocycles. The number of amides is 1. The molecule has 0 aliphatic rings. The second kappa shape index (κ2) is 8.04. The zero-order valence-electron chi connectivity index (χ0n) is 16.0. The Morgan fingerprint density at radius 2 is 1.68 bits per heavy atom. The summed E-state index contributed by atoms with van der Waals surface area (Å²) in [4.78, 5) is 38.6. The molecule has 0 N–H and O–H groups in total. The fourth-order valence-electron chi connectivity index (χ4n) is 2.98. The zero-order valence-corrected chi connectivity index (χ0v) is 16.0. The Hall–Kier alpha value is -3.48. The number of esters is 1. The van der Waals surface area contributed by atoms with E-state index in [-0.39, 0.29) is 17.9 Å². The summed E-state index contributed by atoms with van der Waals surface area (Å²) in [6, 6.07) is 16.1. The Morgan fingerprint density at radius 1 is 1.07 bits per heavy atom. The summed E-state index contributed by atoms with van der Waals surface area (Å²) in [7, 11) is 3.16. The second-order valence-electron chi connectivity index (χ2n) is 6.46. The van der Waals surface area contributed by atoms with E-state index < -0.39 is 12.1 Å². The van der Waals surface area contributed by atoms with Crippen molar-refractivity contribution >= 4 is 28.3 Å². The van der Waals surface area contributed by atoms with Gasteiger partial charge >= 0.3 is 5.97 Å². The number of hydrogen-bond donors (Lipinski definition) is 0. The van der Waals surface area contributed by atoms with Crippen molar-refractivity contribution in [3.63, 3.8) is 0 Å². The molecular formula is C21H21N3O4. The van der Waals surface area contributed by atoms with Gasteiger partial charge in [-0.25, -0.2) is 4.68 Å². The van der Waals surface area contributed by atoms with E-state index in [9.17, 15) is 14.4 Å². The third-order valence-electron chi connectivity index (χ3n) is 4.47. The molecule has 0 radical (unpaired) electrons. The number of ether oxygens (including phenoxy) is 1. The van der Waals surface area contributed by atoms with Crippen molar-refractivity contribution in [2.24, 2.45) is 7.05 Å². The lowest BCUT2D eigenvalue weighted by molar-refractivity contribution is -0.153. The number of carbonyl (C=O) groups excluding carboxylic acids is 2. The van der Waals surface area contributed by atoms with Crippen molar-refractivity contribution in [1.82, 2.24) is 9.78 Å². The first-order chi connectivity index (χ1) is 13.4. The number of aryl methyl sites for hydroxylation is 1. The highest BCUT2D eigenvalue weighted by atomic mass is 16.5. The van der Waals surface area contributed by atoms with Crippen LogP contribution in [0.4, 0.5) is 5.69 Å². The smallest absolute Gasteiger partial charge is 0.312 e. The van der Waals surface area contributed by atoms with E-state index in [0.29, 0.717) is 22.2 Å². The molecule has 0 bridgehead atoms. The van der Waals surface area contributed by atoms with Gasteiger partial charge in [-0.1, -0.05) is 36.4 Å². The number of likely N-dealkylation sites (N-methyl/N-ethyl adjacent to an activating group) is 1. The Balaban J connectivity index is 1.74. The van der Waals surface area contributed by atoms with Crippen LogP contribution >= 0.6 is 0 Å². The second-order valence-corrected chi connectivity index (χ2v) is 6.46. The van der Waals surface area contributed by atoms with E-state index in [2.05, 4.69) is 5.10 Å². The van der Waals surface area contributed by atoms with E-state index in [1.807, 2.05) is 18.2 Å². The number of benzene rings is 2. The molecule has 1 atom stereocenters. The van der Waals surface area contributed by atoms with Gasteiger partial charge in [0.15, 0.2) is 6.10 Å². The van der Waals surface area contributed by atoms with Crippen molar-refractivity contribution in [3.05, 3.63) is 70.6 Å². The van der Waals surface area contributed by atoms with Crippen molar-refractivity contribution in [3.8, 4) is 0 Å². The van der Waals surface area contributed by atoms with Gasteiger partial charge < -0.3 is 9.64 Å². The van der Waals surface area contributed by atoms with Gasteiger partial charge in [0.05, 0.1) is 17.5 Å². The molecule has 144 valence electrons. The highest BCUT2D eigenvalue weighted by Gasteiger charge is 2.23. The minimum atomic E-state index is -0.948. The quantitative estimate of drug-likeness (QED) is 0.634. The van der Waals surface area contributed by atoms with Gasteiger partial charge in [-0.05, 0) is 25.1 Å². The fourth-order valence-corrected chi connectivity index (χ4v) is 2.98. The normalized spacial score (nSPS) is 11.8. The molecule has 0 spiro atoms. The Labute approximate surface area is 162 Å². The average molecular weight is 379 g/mol. The molecule has 1 unspecified atom stereocenters. The summed E-state index contributed by atoms with van der Waals surface area (Å²) in [5.41, 5.74) is 0.903. The lowest BCUT2D eigenvalue weighted by Gasteiger charge is -2.21. The molecule has 7 heteroatoms. The maximum atomic E-state index is 12.5. The average Bonchev–Trinajstić information content (AvgIpc) is 2.71. The molecule has 3 aromatic rings. The standard InChI is InChI=1S/C21H21N3O4/c1-14(20(26)23(2)15-9-5-4-6-10-15)28-19(25)13-18-16-11-7-8-12-17(16)21(27)24(3)22-18/h4-12,14H,13H2,1-3H3. The van der Waals surface area contributed by atoms with E-state index >= 15 is 0 Å². The summed E-state index contributed by atoms with van der Waals surface area (Å²) >= 11 is 0. The third kappa shape index (κ3) is 3.93. The lowest BCUT2D eigenvalue weighted by atomic mass is 10.1. The van der Waals surface area contributed by atoms with Gasteiger partial charge in [-0.3, -0.25) is 14.4 Å². The maximum Gasteiger partial charge on any atom is 0.312 e. The molecule has 0 aliphatic heterocycles. The molecule has 3 rings (SSSR count). The topological polar surface area (TPSA) is 81.5 Å². The highest BCUT2D eigenvalue weighted by molar-refractivity contribution is 5.97. The van der Waals surface area contributed by atoms with Gasteiger partial charge in [0.1, 0.15) is 0 Å². The van der Waals surface area contributed by atoms with Crippen LogP contribution in [0, 0.1) is 0 Å². The third-order valence-corrected chi connectivity index (χ3v) is 4.47. The molecule has 1 heterocycles. The SMILES string of the molecule is CC(OC(=O)Cc1nn(C)c(=O)c2ccccc12)C(=O)N(C)c1ccccc1. The number of nitrogens with zero attached hydrogens (tertiary/aromatic N) is 3. The number of para-hydroxylation sites is 1. The molecule has 1 aromatic heterocycles. The van der Waals surface area contributed by atoms with Gasteiger partial charge in [-0.15, -0.1) is 0 Å². The molecule has 2 aromatic carbocycles. The van der Waals surface area contributed by atoms with Crippen molar-refractivity contribution in [2.45, 2.75) is 19.4 Å². The minimum absolute atomic E-state index is 0.138. The summed E-state index contributed by atoms with van der Waals surface area (Å²) in [6.07, 6.45) is -1.09. The van der Waals surface area contributed by atoms with Crippen molar-refractivity contribution in [2.75, 3.05) is 11.9 Å². The first-order valence-electron chi connectivity index (χ1n) is 8.85. The van der Waals surface area contributed by atoms with E-state index in [1.54, 1.807) is 43.4 Å². The molecule has 7 nitrogen and oxygen atoms in total. The Kier molecular flexibility index (Phi) is 5.54. The predicted molar refractivity (Wildman–Crippen MR) is 106 cm³/mol. The van der Waals surface area contributed by atoms with Crippen LogP contribution in [0.3, 0.4) is 0 Å². The number of hydrogen-bond acceptors (Lipinski definition) is 5. The van der Waals surface area contributed by atoms with Gasteiger partial charge in [-0.2, -0.15) is 5.10 Å². The molecular weight excluding hydrogens is 358 g/mol. The summed E-state index contributed by atoms with van der Waals surface area (Å²) in [5, 5.41) is 5.27. The van der Waals surface area contributed by atoms with Crippen LogP contribution in [-0.4, -0.2) is 34.8 Å². The first-order valence-corrected chi connectivity index (χ1v) is 8.85. The highest BCUT2D eigenvalue weighted by Crippen LogP contribution is 2.16. The number of aromatic nitrogens is 2. The Morgan fingerprint density at radius 3 is 2.36 bits per heavy atom. The lowest BCUT2D eigenvalue weighted by Crippen LogP contribution is -2.37. The van der Waals surface area contributed by atoms with Crippen LogP contribution < -0.4 is 10.5 Å². The van der Waals surface area contributed by atoms with Crippen LogP contribution in [0.1, 0.15) is 12.6 Å². The van der Waals surface area contributed by atoms with Crippen molar-refractivity contribution in [1.29, 1.82) is 0 Å². The molecule has 0 saturated heterocycles. The van der Waals surface area contributed by atoms with E-state index in [0.717, 1.165) is 0 Å². The summed E-state index contributed by atoms with van der Waals surface area (Å²) < 4.78 is 6.52. The molecule has 1 amide bonds. The monoisotopic (exact) mass is 379 g/mol. The van der Waals surface area contributed by atoms with Gasteiger partial charge in [0, 0.05) is 25.2 Å². The zero-order chi connectivity index (χ0) is 20.3. The summed E-state index contributed by atoms with van der Waals surface area (Å²) in [5.74, 6) is -0.920. The minimum Gasteiger partial charge on any atom is -0.452 e. The molecule has 0 aliphatic carbocycles. The van der Waals surface area contributed by atoms with Crippen LogP contribution in [0.15, 0.2) is 59.4 Å². The predicted octanol–water partition coefficient (Wildman–Crippen LogP) is 2.07. The Bertz CT molecular complexity index is 1080. The van der Waals surface area contributed by atoms with Crippen LogP contribution in [-0.2, 0) is 27.8 Å². The van der Waals surface area contributed by atoms with E-state index in [4.69, 9.17) is 4.74 Å². The van der Waals surface area contributed by atoms with Crippen LogP contribution in [0.2, 0.25) is 0 Å². The van der Waals surface area contributed by atoms with Crippen molar-refractivity contribution < 1.29 is 14.3 Å². The van der Waals surface area contributed by atoms with Gasteiger partial charge in [0.2, 0.25) is 0 Å². The first kappa shape index (κ1) is 19.3.